The Morgan fingerprint density at radius 3 is 2.08 bits per heavy atom. The van der Waals surface area contributed by atoms with E-state index in [0.717, 1.165) is 0 Å². The smallest absolute Gasteiger partial charge is 0.364 e. The average Bonchev–Trinajstić information content (AvgIpc) is 3.09. The summed E-state index contributed by atoms with van der Waals surface area (Å²) in [4.78, 5) is 12.4. The fourth-order valence-electron chi connectivity index (χ4n) is 6.11. The maximum Gasteiger partial charge on any atom is 0.364 e. The first-order chi connectivity index (χ1) is 23.8. The van der Waals surface area contributed by atoms with Crippen molar-refractivity contribution in [3.05, 3.63) is 0 Å². The summed E-state index contributed by atoms with van der Waals surface area (Å²) in [5.41, 5.74) is 5.85. The van der Waals surface area contributed by atoms with Gasteiger partial charge in [0.2, 0.25) is 0 Å². The van der Waals surface area contributed by atoms with E-state index >= 15 is 0 Å². The van der Waals surface area contributed by atoms with Crippen molar-refractivity contribution in [2.45, 2.75) is 143 Å². The summed E-state index contributed by atoms with van der Waals surface area (Å²) in [6.45, 7) is -0.576. The number of nitrogens with two attached hydrogens (primary N) is 1. The molecule has 0 spiro atoms. The quantitative estimate of drug-likeness (QED) is 0.0656. The molecule has 0 radical (unpaired) electrons. The molecule has 0 aromatic heterocycles. The first-order valence-corrected chi connectivity index (χ1v) is 16.4. The molecule has 0 saturated carbocycles. The Morgan fingerprint density at radius 2 is 1.53 bits per heavy atom. The van der Waals surface area contributed by atoms with Crippen LogP contribution in [0.15, 0.2) is 0 Å². The van der Waals surface area contributed by atoms with Gasteiger partial charge in [-0.2, -0.15) is 0 Å². The van der Waals surface area contributed by atoms with Crippen LogP contribution >= 0.6 is 0 Å². The fraction of sp³-hybridized carbons (Fsp3) is 0.966. The van der Waals surface area contributed by atoms with Crippen LogP contribution in [0.5, 0.6) is 0 Å². The number of aliphatic carboxylic acids is 1. The second-order valence-corrected chi connectivity index (χ2v) is 13.1. The molecule has 51 heavy (non-hydrogen) atoms. The first-order valence-electron chi connectivity index (χ1n) is 16.4. The highest BCUT2D eigenvalue weighted by molar-refractivity contribution is 5.76. The van der Waals surface area contributed by atoms with Gasteiger partial charge in [-0.1, -0.05) is 6.92 Å². The molecule has 8 unspecified atom stereocenters. The second kappa shape index (κ2) is 18.8. The predicted octanol–water partition coefficient (Wildman–Crippen LogP) is -8.25. The summed E-state index contributed by atoms with van der Waals surface area (Å²) in [6, 6.07) is -1.44. The van der Waals surface area contributed by atoms with Crippen molar-refractivity contribution in [2.75, 3.05) is 26.4 Å². The number of hydrogen-bond donors (Lipinski definition) is 15. The normalized spacial score (nSPS) is 42.8. The van der Waals surface area contributed by atoms with Gasteiger partial charge in [-0.25, -0.2) is 4.79 Å². The van der Waals surface area contributed by atoms with Crippen LogP contribution in [0.25, 0.3) is 0 Å². The van der Waals surface area contributed by atoms with Crippen molar-refractivity contribution in [1.29, 1.82) is 0 Å². The predicted molar refractivity (Wildman–Crippen MR) is 162 cm³/mol. The third-order valence-electron chi connectivity index (χ3n) is 9.39. The van der Waals surface area contributed by atoms with Gasteiger partial charge in [0.25, 0.3) is 5.79 Å². The second-order valence-electron chi connectivity index (χ2n) is 13.1. The Morgan fingerprint density at radius 1 is 0.902 bits per heavy atom. The topological polar surface area (TPSA) is 382 Å². The zero-order chi connectivity index (χ0) is 38.5. The molecule has 0 bridgehead atoms. The largest absolute Gasteiger partial charge is 0.477 e. The van der Waals surface area contributed by atoms with Crippen molar-refractivity contribution in [1.82, 2.24) is 0 Å². The highest BCUT2D eigenvalue weighted by Crippen LogP contribution is 2.36. The summed E-state index contributed by atoms with van der Waals surface area (Å²) in [5, 5.41) is 143. The van der Waals surface area contributed by atoms with E-state index in [0.29, 0.717) is 0 Å². The number of aliphatic hydroxyl groups excluding tert-OH is 13. The minimum atomic E-state index is -2.78. The maximum atomic E-state index is 12.4. The number of ether oxygens (including phenoxy) is 6. The van der Waals surface area contributed by atoms with E-state index in [2.05, 4.69) is 0 Å². The SMILES string of the molecule is CC1C(O)C(O[C@@H]2OC(CO[C@]3(C(=O)O)C[C@@H](O)[C@@H](N)C([C@H](O)C(O)CO)O3)[C@H](O)C(O)[C@@H]2O)[C@H](CO)O[C@H]1O[C@H](C(O)[C@H](O)CCO)[C@@H](C)O. The average molecular weight is 752 g/mol. The lowest BCUT2D eigenvalue weighted by atomic mass is 9.89. The molecule has 3 fully saturated rings. The van der Waals surface area contributed by atoms with Crippen molar-refractivity contribution < 1.29 is 105 Å². The van der Waals surface area contributed by atoms with Gasteiger partial charge >= 0.3 is 5.97 Å². The standard InChI is InChI=1S/C29H53NO21/c1-9-17(38)24(14(7-33)47-26(9)49-23(10(2)34)18(39)11(35)3-4-31)50-27-22(43)21(42)20(41)15(48-27)8-46-29(28(44)45)5-12(36)16(30)25(51-29)19(40)13(37)6-32/h9-27,31-43H,3-8,30H2,1-2H3,(H,44,45)/t9?,10-,11-,12-,13?,14+,15?,16-,17?,18?,19-,20+,21?,22+,23+,24?,25?,26+,27+,29-/m1/s1. The van der Waals surface area contributed by atoms with Crippen LogP contribution < -0.4 is 5.73 Å². The van der Waals surface area contributed by atoms with Crippen LogP contribution in [0, 0.1) is 5.92 Å². The lowest BCUT2D eigenvalue weighted by molar-refractivity contribution is -0.367. The number of rotatable bonds is 17. The molecule has 300 valence electrons. The number of aliphatic hydroxyl groups is 13. The van der Waals surface area contributed by atoms with Gasteiger partial charge in [0, 0.05) is 18.9 Å². The molecular formula is C29H53NO21. The Labute approximate surface area is 291 Å². The summed E-state index contributed by atoms with van der Waals surface area (Å²) in [6.07, 6.45) is -30.0. The molecule has 22 heteroatoms. The lowest BCUT2D eigenvalue weighted by Gasteiger charge is -2.48. The minimum absolute atomic E-state index is 0.248. The molecule has 3 rings (SSSR count). The highest BCUT2D eigenvalue weighted by atomic mass is 16.8. The van der Waals surface area contributed by atoms with E-state index in [-0.39, 0.29) is 6.42 Å². The van der Waals surface area contributed by atoms with Crippen LogP contribution in [-0.2, 0) is 33.2 Å². The maximum absolute atomic E-state index is 12.4. The zero-order valence-corrected chi connectivity index (χ0v) is 27.9. The van der Waals surface area contributed by atoms with Gasteiger partial charge in [0.15, 0.2) is 12.6 Å². The summed E-state index contributed by atoms with van der Waals surface area (Å²) in [7, 11) is 0. The van der Waals surface area contributed by atoms with E-state index < -0.39 is 161 Å². The number of carboxylic acid groups (broad SMARTS) is 1. The Hall–Kier alpha value is -1.33. The lowest BCUT2D eigenvalue weighted by Crippen LogP contribution is -2.67. The first kappa shape index (κ1) is 44.1. The van der Waals surface area contributed by atoms with E-state index in [4.69, 9.17) is 39.3 Å². The number of hydrogen-bond acceptors (Lipinski definition) is 21. The third kappa shape index (κ3) is 9.86. The molecule has 20 atom stereocenters. The van der Waals surface area contributed by atoms with Gasteiger partial charge < -0.3 is 106 Å². The molecular weight excluding hydrogens is 698 g/mol. The molecule has 0 amide bonds. The number of carbonyl (C=O) groups is 1. The van der Waals surface area contributed by atoms with Crippen molar-refractivity contribution in [3.8, 4) is 0 Å². The van der Waals surface area contributed by atoms with Gasteiger partial charge in [0.05, 0.1) is 50.3 Å². The summed E-state index contributed by atoms with van der Waals surface area (Å²) in [5.74, 6) is -5.67. The monoisotopic (exact) mass is 751 g/mol. The van der Waals surface area contributed by atoms with E-state index in [9.17, 15) is 71.2 Å². The number of carboxylic acids is 1. The molecule has 3 heterocycles. The van der Waals surface area contributed by atoms with Crippen LogP contribution in [-0.4, -0.2) is 220 Å². The molecule has 3 aliphatic rings. The molecule has 3 aliphatic heterocycles. The molecule has 22 nitrogen and oxygen atoms in total. The van der Waals surface area contributed by atoms with Gasteiger partial charge in [-0.05, 0) is 13.3 Å². The summed E-state index contributed by atoms with van der Waals surface area (Å²) < 4.78 is 33.6. The Bertz CT molecular complexity index is 1080. The fourth-order valence-corrected chi connectivity index (χ4v) is 6.11. The molecule has 0 aliphatic carbocycles. The van der Waals surface area contributed by atoms with Crippen LogP contribution in [0.1, 0.15) is 26.7 Å². The zero-order valence-electron chi connectivity index (χ0n) is 27.9. The molecule has 3 saturated heterocycles. The minimum Gasteiger partial charge on any atom is -0.477 e. The van der Waals surface area contributed by atoms with Crippen LogP contribution in [0.2, 0.25) is 0 Å². The van der Waals surface area contributed by atoms with E-state index in [1.165, 1.54) is 13.8 Å². The van der Waals surface area contributed by atoms with Crippen molar-refractivity contribution >= 4 is 5.97 Å². The van der Waals surface area contributed by atoms with Gasteiger partial charge in [-0.15, -0.1) is 0 Å². The molecule has 0 aromatic rings. The Kier molecular flexibility index (Phi) is 16.3. The third-order valence-corrected chi connectivity index (χ3v) is 9.39. The highest BCUT2D eigenvalue weighted by Gasteiger charge is 2.56. The molecule has 16 N–H and O–H groups in total. The van der Waals surface area contributed by atoms with Crippen molar-refractivity contribution in [2.24, 2.45) is 11.7 Å². The van der Waals surface area contributed by atoms with Crippen LogP contribution in [0.3, 0.4) is 0 Å². The van der Waals surface area contributed by atoms with Gasteiger partial charge in [0.1, 0.15) is 67.1 Å². The van der Waals surface area contributed by atoms with Gasteiger partial charge in [-0.3, -0.25) is 0 Å². The Balaban J connectivity index is 1.76. The van der Waals surface area contributed by atoms with Crippen LogP contribution in [0.4, 0.5) is 0 Å². The summed E-state index contributed by atoms with van der Waals surface area (Å²) >= 11 is 0. The molecule has 0 aromatic carbocycles. The van der Waals surface area contributed by atoms with E-state index in [1.54, 1.807) is 0 Å². The van der Waals surface area contributed by atoms with Crippen molar-refractivity contribution in [3.63, 3.8) is 0 Å². The van der Waals surface area contributed by atoms with E-state index in [1.807, 2.05) is 0 Å².